The molecular weight excluding hydrogens is 519 g/mol. The molecule has 1 fully saturated rings. The minimum Gasteiger partial charge on any atom is -0.455 e. The van der Waals surface area contributed by atoms with Crippen LogP contribution in [0.5, 0.6) is 0 Å². The number of nitrogens with one attached hydrogen (secondary N) is 2. The molecule has 0 amide bonds. The third-order valence-electron chi connectivity index (χ3n) is 5.43. The molecule has 0 unspecified atom stereocenters. The molecule has 0 atom stereocenters. The molecule has 0 bridgehead atoms. The van der Waals surface area contributed by atoms with E-state index in [4.69, 9.17) is 20.8 Å². The average Bonchev–Trinajstić information content (AvgIpc) is 3.39. The molecule has 38 heavy (non-hydrogen) atoms. The molecule has 12 nitrogen and oxygen atoms in total. The molecule has 2 N–H and O–H groups in total. The predicted octanol–water partition coefficient (Wildman–Crippen LogP) is 4.86. The maximum atomic E-state index is 13.3. The molecule has 1 aliphatic heterocycles. The zero-order chi connectivity index (χ0) is 26.5. The first-order chi connectivity index (χ1) is 18.4. The van der Waals surface area contributed by atoms with Crippen LogP contribution in [0.4, 0.5) is 33.6 Å². The number of nitrogens with zero attached hydrogens (tertiary/aromatic N) is 6. The predicted molar refractivity (Wildman–Crippen MR) is 140 cm³/mol. The first kappa shape index (κ1) is 25.0. The van der Waals surface area contributed by atoms with Crippen molar-refractivity contribution in [3.05, 3.63) is 81.3 Å². The highest BCUT2D eigenvalue weighted by atomic mass is 35.5. The van der Waals surface area contributed by atoms with Crippen LogP contribution in [0.1, 0.15) is 5.76 Å². The smallest absolute Gasteiger partial charge is 0.270 e. The van der Waals surface area contributed by atoms with E-state index in [0.29, 0.717) is 60.0 Å². The maximum absolute atomic E-state index is 13.3. The Morgan fingerprint density at radius 1 is 1.05 bits per heavy atom. The van der Waals surface area contributed by atoms with Gasteiger partial charge in [-0.3, -0.25) is 10.1 Å². The number of hydrogen-bond donors (Lipinski definition) is 2. The van der Waals surface area contributed by atoms with Crippen molar-refractivity contribution >= 4 is 47.0 Å². The monoisotopic (exact) mass is 538 g/mol. The van der Waals surface area contributed by atoms with Crippen molar-refractivity contribution in [1.82, 2.24) is 15.0 Å². The number of non-ortho nitro benzene ring substituents is 1. The Labute approximate surface area is 220 Å². The van der Waals surface area contributed by atoms with Crippen LogP contribution in [0.3, 0.4) is 0 Å². The van der Waals surface area contributed by atoms with Gasteiger partial charge in [0.05, 0.1) is 29.4 Å². The number of hydrazone groups is 1. The Morgan fingerprint density at radius 3 is 2.58 bits per heavy atom. The zero-order valence-corrected chi connectivity index (χ0v) is 20.4. The van der Waals surface area contributed by atoms with Crippen LogP contribution < -0.4 is 15.6 Å². The van der Waals surface area contributed by atoms with Gasteiger partial charge in [0, 0.05) is 36.5 Å². The molecule has 2 aromatic carbocycles. The van der Waals surface area contributed by atoms with Crippen molar-refractivity contribution in [2.45, 2.75) is 0 Å². The lowest BCUT2D eigenvalue weighted by Gasteiger charge is -2.27. The summed E-state index contributed by atoms with van der Waals surface area (Å²) in [6.07, 6.45) is 1.40. The van der Waals surface area contributed by atoms with E-state index in [1.54, 1.807) is 24.3 Å². The van der Waals surface area contributed by atoms with Crippen LogP contribution in [0.25, 0.3) is 11.3 Å². The topological polar surface area (TPSA) is 144 Å². The van der Waals surface area contributed by atoms with Crippen molar-refractivity contribution in [1.29, 1.82) is 0 Å². The summed E-state index contributed by atoms with van der Waals surface area (Å²) in [6.45, 7) is 2.31. The normalized spacial score (nSPS) is 13.6. The molecule has 1 aliphatic rings. The van der Waals surface area contributed by atoms with E-state index in [2.05, 4.69) is 30.8 Å². The van der Waals surface area contributed by atoms with E-state index >= 15 is 0 Å². The Bertz CT molecular complexity index is 1470. The van der Waals surface area contributed by atoms with Crippen LogP contribution in [0.2, 0.25) is 5.02 Å². The van der Waals surface area contributed by atoms with Gasteiger partial charge in [0.1, 0.15) is 17.3 Å². The van der Waals surface area contributed by atoms with Crippen molar-refractivity contribution in [3.63, 3.8) is 0 Å². The number of rotatable bonds is 8. The van der Waals surface area contributed by atoms with E-state index in [1.165, 1.54) is 36.5 Å². The number of aromatic nitrogens is 3. The molecule has 0 radical (unpaired) electrons. The van der Waals surface area contributed by atoms with Crippen LogP contribution in [0.15, 0.2) is 64.1 Å². The minimum atomic E-state index is -0.506. The summed E-state index contributed by atoms with van der Waals surface area (Å²) >= 11 is 6.20. The maximum Gasteiger partial charge on any atom is 0.270 e. The van der Waals surface area contributed by atoms with Gasteiger partial charge in [0.15, 0.2) is 0 Å². The second-order valence-corrected chi connectivity index (χ2v) is 8.41. The Kier molecular flexibility index (Phi) is 7.38. The molecular formula is C24H20ClFN8O4. The average molecular weight is 539 g/mol. The van der Waals surface area contributed by atoms with Gasteiger partial charge in [-0.2, -0.15) is 20.1 Å². The summed E-state index contributed by atoms with van der Waals surface area (Å²) in [5, 5.41) is 18.6. The highest BCUT2D eigenvalue weighted by Gasteiger charge is 2.17. The Balaban J connectivity index is 1.35. The number of nitro groups is 1. The number of anilines is 4. The summed E-state index contributed by atoms with van der Waals surface area (Å²) in [4.78, 5) is 25.8. The Morgan fingerprint density at radius 2 is 1.82 bits per heavy atom. The van der Waals surface area contributed by atoms with E-state index in [-0.39, 0.29) is 23.4 Å². The molecule has 3 heterocycles. The molecule has 4 aromatic rings. The standard InChI is InChI=1S/C24H20ClFN8O4/c25-20-7-5-17(34(35)36)13-19(20)21-8-6-18(38-21)14-27-32-23-29-22(28-16-3-1-15(26)2-4-16)30-24(31-23)33-9-11-37-12-10-33/h1-8,13-14H,9-12H2,(H2,28,29,30,31,32)/b27-14+. The fraction of sp³-hybridized carbons (Fsp3) is 0.167. The number of nitro benzene ring substituents is 1. The first-order valence-corrected chi connectivity index (χ1v) is 11.8. The van der Waals surface area contributed by atoms with Crippen molar-refractivity contribution in [2.75, 3.05) is 41.9 Å². The van der Waals surface area contributed by atoms with Crippen molar-refractivity contribution in [2.24, 2.45) is 5.10 Å². The number of furan rings is 1. The number of halogens is 2. The summed E-state index contributed by atoms with van der Waals surface area (Å²) in [7, 11) is 0. The largest absolute Gasteiger partial charge is 0.455 e. The highest BCUT2D eigenvalue weighted by Crippen LogP contribution is 2.32. The molecule has 0 saturated carbocycles. The lowest BCUT2D eigenvalue weighted by molar-refractivity contribution is -0.384. The van der Waals surface area contributed by atoms with Gasteiger partial charge in [-0.15, -0.1) is 0 Å². The summed E-state index contributed by atoms with van der Waals surface area (Å²) in [5.41, 5.74) is 3.65. The SMILES string of the molecule is O=[N+]([O-])c1ccc(Cl)c(-c2ccc(/C=N/Nc3nc(Nc4ccc(F)cc4)nc(N4CCOCC4)n3)o2)c1. The molecule has 194 valence electrons. The number of hydrogen-bond acceptors (Lipinski definition) is 11. The van der Waals surface area contributed by atoms with Gasteiger partial charge >= 0.3 is 0 Å². The lowest BCUT2D eigenvalue weighted by Crippen LogP contribution is -2.37. The van der Waals surface area contributed by atoms with E-state index in [9.17, 15) is 14.5 Å². The van der Waals surface area contributed by atoms with Crippen molar-refractivity contribution in [3.8, 4) is 11.3 Å². The van der Waals surface area contributed by atoms with Gasteiger partial charge in [-0.25, -0.2) is 9.82 Å². The zero-order valence-electron chi connectivity index (χ0n) is 19.7. The van der Waals surface area contributed by atoms with Gasteiger partial charge < -0.3 is 19.4 Å². The molecule has 2 aromatic heterocycles. The summed E-state index contributed by atoms with van der Waals surface area (Å²) in [6, 6.07) is 13.2. The lowest BCUT2D eigenvalue weighted by atomic mass is 10.1. The number of morpholine rings is 1. The second-order valence-electron chi connectivity index (χ2n) is 8.01. The van der Waals surface area contributed by atoms with E-state index in [0.717, 1.165) is 0 Å². The minimum absolute atomic E-state index is 0.103. The van der Waals surface area contributed by atoms with Gasteiger partial charge in [0.25, 0.3) is 5.69 Å². The quantitative estimate of drug-likeness (QED) is 0.181. The van der Waals surface area contributed by atoms with Crippen LogP contribution in [-0.4, -0.2) is 52.4 Å². The molecule has 5 rings (SSSR count). The van der Waals surface area contributed by atoms with Crippen LogP contribution in [-0.2, 0) is 4.74 Å². The first-order valence-electron chi connectivity index (χ1n) is 11.4. The fourth-order valence-electron chi connectivity index (χ4n) is 3.57. The summed E-state index contributed by atoms with van der Waals surface area (Å²) < 4.78 is 24.4. The second kappa shape index (κ2) is 11.2. The number of ether oxygens (including phenoxy) is 1. The highest BCUT2D eigenvalue weighted by molar-refractivity contribution is 6.33. The molecule has 1 saturated heterocycles. The molecule has 0 spiro atoms. The van der Waals surface area contributed by atoms with Crippen LogP contribution in [0, 0.1) is 15.9 Å². The number of benzene rings is 2. The van der Waals surface area contributed by atoms with Gasteiger partial charge in [-0.05, 0) is 42.5 Å². The molecule has 0 aliphatic carbocycles. The summed E-state index contributed by atoms with van der Waals surface area (Å²) in [5.74, 6) is 1.18. The van der Waals surface area contributed by atoms with Gasteiger partial charge in [-0.1, -0.05) is 11.6 Å². The third kappa shape index (κ3) is 6.02. The van der Waals surface area contributed by atoms with E-state index < -0.39 is 4.92 Å². The Hall–Kier alpha value is -4.62. The third-order valence-corrected chi connectivity index (χ3v) is 5.76. The van der Waals surface area contributed by atoms with Crippen LogP contribution >= 0.6 is 11.6 Å². The molecule has 14 heteroatoms. The fourth-order valence-corrected chi connectivity index (χ4v) is 3.78. The van der Waals surface area contributed by atoms with E-state index in [1.807, 2.05) is 4.90 Å². The van der Waals surface area contributed by atoms with Gasteiger partial charge in [0.2, 0.25) is 17.8 Å². The van der Waals surface area contributed by atoms with Crippen molar-refractivity contribution < 1.29 is 18.5 Å².